The molecule has 2 aromatic carbocycles. The topological polar surface area (TPSA) is 138 Å². The number of sulfone groups is 1. The van der Waals surface area contributed by atoms with Gasteiger partial charge >= 0.3 is 0 Å². The molecule has 1 amide bonds. The molecule has 0 aliphatic heterocycles. The fraction of sp³-hybridized carbons (Fsp3) is 0.263. The van der Waals surface area contributed by atoms with Crippen LogP contribution in [-0.2, 0) is 31.1 Å². The predicted octanol–water partition coefficient (Wildman–Crippen LogP) is 1.53. The highest BCUT2D eigenvalue weighted by molar-refractivity contribution is 7.90. The molecule has 0 aliphatic carbocycles. The number of nitrogens with two attached hydrogens (primary N) is 1. The molecule has 1 aromatic heterocycles. The molecule has 0 spiro atoms. The molecule has 3 aromatic rings. The first-order valence-electron chi connectivity index (χ1n) is 9.14. The number of hydrogen-bond acceptors (Lipinski definition) is 7. The fourth-order valence-corrected chi connectivity index (χ4v) is 5.22. The zero-order valence-electron chi connectivity index (χ0n) is 16.8. The summed E-state index contributed by atoms with van der Waals surface area (Å²) >= 11 is 1.13. The number of amides is 1. The molecule has 9 nitrogen and oxygen atoms in total. The van der Waals surface area contributed by atoms with Crippen LogP contribution in [0.2, 0.25) is 0 Å². The lowest BCUT2D eigenvalue weighted by Crippen LogP contribution is -2.20. The summed E-state index contributed by atoms with van der Waals surface area (Å²) in [5.74, 6) is -0.617. The molecule has 166 valence electrons. The molecule has 0 saturated heterocycles. The van der Waals surface area contributed by atoms with E-state index in [1.54, 1.807) is 10.6 Å². The molecule has 0 aliphatic rings. The Balaban J connectivity index is 2.13. The zero-order chi connectivity index (χ0) is 22.8. The summed E-state index contributed by atoms with van der Waals surface area (Å²) in [6.07, 6.45) is 1.06. The average molecular weight is 484 g/mol. The molecule has 0 atom stereocenters. The number of carbonyl (C=O) groups excluding carboxylic acids is 1. The molecule has 0 fully saturated rings. The lowest BCUT2D eigenvalue weighted by Gasteiger charge is -2.06. The number of sulfonamides is 1. The van der Waals surface area contributed by atoms with Crippen LogP contribution in [0.25, 0.3) is 10.2 Å². The number of ether oxygens (including phenoxy) is 1. The third kappa shape index (κ3) is 5.46. The summed E-state index contributed by atoms with van der Waals surface area (Å²) in [7, 11) is -7.36. The van der Waals surface area contributed by atoms with Crippen LogP contribution < -0.4 is 9.94 Å². The normalized spacial score (nSPS) is 13.1. The van der Waals surface area contributed by atoms with Crippen LogP contribution in [0, 0.1) is 0 Å². The number of thiazole rings is 1. The molecular formula is C19H21N3O6S3. The van der Waals surface area contributed by atoms with Crippen molar-refractivity contribution < 1.29 is 26.4 Å². The van der Waals surface area contributed by atoms with Crippen LogP contribution in [0.15, 0.2) is 57.2 Å². The standard InChI is InChI=1S/C19H21N3O6S3/c1-3-28-10-9-22-16-8-7-15(31(20,26)27)12-17(16)29-19(22)21-18(23)13-5-4-6-14(11-13)30(2,24)25/h4-8,11-12H,3,9-10H2,1-2H3,(H2,20,26,27). The quantitative estimate of drug-likeness (QED) is 0.506. The summed E-state index contributed by atoms with van der Waals surface area (Å²) in [5, 5.41) is 5.22. The van der Waals surface area contributed by atoms with E-state index in [2.05, 4.69) is 4.99 Å². The number of nitrogens with zero attached hydrogens (tertiary/aromatic N) is 2. The van der Waals surface area contributed by atoms with Crippen molar-refractivity contribution in [1.82, 2.24) is 4.57 Å². The second-order valence-electron chi connectivity index (χ2n) is 6.62. The minimum absolute atomic E-state index is 0.0203. The van der Waals surface area contributed by atoms with Crippen LogP contribution in [-0.4, -0.2) is 46.8 Å². The molecule has 1 heterocycles. The number of rotatable bonds is 7. The van der Waals surface area contributed by atoms with E-state index in [0.29, 0.717) is 34.8 Å². The molecule has 0 unspecified atom stereocenters. The lowest BCUT2D eigenvalue weighted by atomic mass is 10.2. The maximum absolute atomic E-state index is 12.8. The minimum Gasteiger partial charge on any atom is -0.380 e. The third-order valence-electron chi connectivity index (χ3n) is 4.35. The van der Waals surface area contributed by atoms with Gasteiger partial charge in [0.25, 0.3) is 5.91 Å². The van der Waals surface area contributed by atoms with Crippen molar-refractivity contribution in [2.75, 3.05) is 19.5 Å². The van der Waals surface area contributed by atoms with Gasteiger partial charge < -0.3 is 9.30 Å². The van der Waals surface area contributed by atoms with E-state index in [4.69, 9.17) is 9.88 Å². The van der Waals surface area contributed by atoms with Crippen LogP contribution in [0.4, 0.5) is 0 Å². The lowest BCUT2D eigenvalue weighted by molar-refractivity contribution is 0.0996. The van der Waals surface area contributed by atoms with E-state index in [9.17, 15) is 21.6 Å². The Hall–Kier alpha value is -2.38. The van der Waals surface area contributed by atoms with Gasteiger partial charge in [0.1, 0.15) is 0 Å². The van der Waals surface area contributed by atoms with Crippen molar-refractivity contribution in [2.24, 2.45) is 10.1 Å². The van der Waals surface area contributed by atoms with Gasteiger partial charge in [-0.25, -0.2) is 22.0 Å². The van der Waals surface area contributed by atoms with Gasteiger partial charge in [0, 0.05) is 25.0 Å². The van der Waals surface area contributed by atoms with Gasteiger partial charge in [-0.3, -0.25) is 4.79 Å². The van der Waals surface area contributed by atoms with Crippen molar-refractivity contribution in [1.29, 1.82) is 0 Å². The maximum Gasteiger partial charge on any atom is 0.279 e. The van der Waals surface area contributed by atoms with E-state index >= 15 is 0 Å². The second kappa shape index (κ2) is 9.01. The van der Waals surface area contributed by atoms with Crippen molar-refractivity contribution in [2.45, 2.75) is 23.3 Å². The second-order valence-corrected chi connectivity index (χ2v) is 11.2. The van der Waals surface area contributed by atoms with Gasteiger partial charge in [-0.2, -0.15) is 4.99 Å². The number of fused-ring (bicyclic) bond motifs is 1. The van der Waals surface area contributed by atoms with Crippen LogP contribution >= 0.6 is 11.3 Å². The van der Waals surface area contributed by atoms with E-state index in [1.807, 2.05) is 6.92 Å². The van der Waals surface area contributed by atoms with Gasteiger partial charge in [0.2, 0.25) is 10.0 Å². The first-order chi connectivity index (χ1) is 14.5. The van der Waals surface area contributed by atoms with E-state index in [1.165, 1.54) is 36.4 Å². The van der Waals surface area contributed by atoms with E-state index in [-0.39, 0.29) is 15.4 Å². The summed E-state index contributed by atoms with van der Waals surface area (Å²) in [6, 6.07) is 10.1. The van der Waals surface area contributed by atoms with Crippen LogP contribution in [0.3, 0.4) is 0 Å². The number of benzene rings is 2. The number of carbonyl (C=O) groups is 1. The third-order valence-corrected chi connectivity index (χ3v) is 7.41. The molecule has 0 saturated carbocycles. The average Bonchev–Trinajstić information content (AvgIpc) is 3.03. The molecule has 31 heavy (non-hydrogen) atoms. The summed E-state index contributed by atoms with van der Waals surface area (Å²) in [5.41, 5.74) is 0.801. The molecule has 0 radical (unpaired) electrons. The highest BCUT2D eigenvalue weighted by Crippen LogP contribution is 2.21. The van der Waals surface area contributed by atoms with Gasteiger partial charge in [0.15, 0.2) is 14.6 Å². The molecule has 3 rings (SSSR count). The largest absolute Gasteiger partial charge is 0.380 e. The summed E-state index contributed by atoms with van der Waals surface area (Å²) < 4.78 is 54.7. The highest BCUT2D eigenvalue weighted by atomic mass is 32.2. The van der Waals surface area contributed by atoms with Crippen molar-refractivity contribution in [3.63, 3.8) is 0 Å². The van der Waals surface area contributed by atoms with Crippen molar-refractivity contribution >= 4 is 47.3 Å². The Labute approximate surface area is 183 Å². The summed E-state index contributed by atoms with van der Waals surface area (Å²) in [6.45, 7) is 3.13. The summed E-state index contributed by atoms with van der Waals surface area (Å²) in [4.78, 5) is 17.2. The van der Waals surface area contributed by atoms with Crippen LogP contribution in [0.1, 0.15) is 17.3 Å². The first kappa shape index (κ1) is 23.3. The van der Waals surface area contributed by atoms with Crippen molar-refractivity contribution in [3.8, 4) is 0 Å². The first-order valence-corrected chi connectivity index (χ1v) is 13.4. The SMILES string of the molecule is CCOCCn1c(=NC(=O)c2cccc(S(C)(=O)=O)c2)sc2cc(S(N)(=O)=O)ccc21. The van der Waals surface area contributed by atoms with Gasteiger partial charge in [0.05, 0.1) is 26.6 Å². The van der Waals surface area contributed by atoms with Crippen molar-refractivity contribution in [3.05, 3.63) is 52.8 Å². The highest BCUT2D eigenvalue weighted by Gasteiger charge is 2.15. The Morgan fingerprint density at radius 3 is 2.52 bits per heavy atom. The number of primary sulfonamides is 1. The van der Waals surface area contributed by atoms with E-state index in [0.717, 1.165) is 17.6 Å². The Morgan fingerprint density at radius 2 is 1.87 bits per heavy atom. The predicted molar refractivity (Wildman–Crippen MR) is 117 cm³/mol. The Bertz CT molecular complexity index is 1420. The Kier molecular flexibility index (Phi) is 6.76. The molecule has 12 heteroatoms. The monoisotopic (exact) mass is 483 g/mol. The minimum atomic E-state index is -3.89. The molecule has 0 bridgehead atoms. The molecule has 2 N–H and O–H groups in total. The number of hydrogen-bond donors (Lipinski definition) is 1. The van der Waals surface area contributed by atoms with Crippen LogP contribution in [0.5, 0.6) is 0 Å². The smallest absolute Gasteiger partial charge is 0.279 e. The van der Waals surface area contributed by atoms with E-state index < -0.39 is 25.8 Å². The molecular weight excluding hydrogens is 462 g/mol. The van der Waals surface area contributed by atoms with Gasteiger partial charge in [-0.15, -0.1) is 0 Å². The number of aromatic nitrogens is 1. The zero-order valence-corrected chi connectivity index (χ0v) is 19.3. The Morgan fingerprint density at radius 1 is 1.13 bits per heavy atom. The van der Waals surface area contributed by atoms with Gasteiger partial charge in [-0.1, -0.05) is 17.4 Å². The van der Waals surface area contributed by atoms with Gasteiger partial charge in [-0.05, 0) is 43.3 Å². The maximum atomic E-state index is 12.8. The fourth-order valence-electron chi connectivity index (χ4n) is 2.84.